The van der Waals surface area contributed by atoms with Crippen LogP contribution in [0.1, 0.15) is 25.8 Å². The second kappa shape index (κ2) is 6.77. The van der Waals surface area contributed by atoms with Gasteiger partial charge in [0, 0.05) is 31.4 Å². The summed E-state index contributed by atoms with van der Waals surface area (Å²) in [7, 11) is 1.69. The van der Waals surface area contributed by atoms with Crippen molar-refractivity contribution >= 4 is 12.0 Å². The van der Waals surface area contributed by atoms with Crippen molar-refractivity contribution in [1.82, 2.24) is 20.0 Å². The molecule has 1 unspecified atom stereocenters. The van der Waals surface area contributed by atoms with Gasteiger partial charge >= 0.3 is 12.0 Å². The first-order valence-electron chi connectivity index (χ1n) is 6.16. The van der Waals surface area contributed by atoms with Crippen molar-refractivity contribution in [3.8, 4) is 0 Å². The lowest BCUT2D eigenvalue weighted by Gasteiger charge is -2.31. The Morgan fingerprint density at radius 1 is 1.53 bits per heavy atom. The van der Waals surface area contributed by atoms with Crippen LogP contribution in [-0.4, -0.2) is 56.7 Å². The Kier molecular flexibility index (Phi) is 5.35. The van der Waals surface area contributed by atoms with Crippen LogP contribution in [0.25, 0.3) is 0 Å². The van der Waals surface area contributed by atoms with E-state index in [2.05, 4.69) is 10.2 Å². The molecule has 0 aliphatic rings. The summed E-state index contributed by atoms with van der Waals surface area (Å²) in [4.78, 5) is 26.1. The lowest BCUT2D eigenvalue weighted by atomic mass is 10.2. The Hall–Kier alpha value is -2.05. The maximum Gasteiger partial charge on any atom is 0.320 e. The number of urea groups is 1. The van der Waals surface area contributed by atoms with E-state index in [1.165, 1.54) is 0 Å². The predicted molar refractivity (Wildman–Crippen MR) is 69.5 cm³/mol. The first-order valence-corrected chi connectivity index (χ1v) is 6.16. The molecule has 0 bridgehead atoms. The summed E-state index contributed by atoms with van der Waals surface area (Å²) in [6.45, 7) is 4.48. The summed E-state index contributed by atoms with van der Waals surface area (Å²) in [6.07, 6.45) is 3.32. The quantitative estimate of drug-likeness (QED) is 0.809. The highest BCUT2D eigenvalue weighted by molar-refractivity contribution is 5.75. The molecule has 0 fully saturated rings. The molecule has 0 aromatic carbocycles. The van der Waals surface area contributed by atoms with Crippen molar-refractivity contribution in [3.63, 3.8) is 0 Å². The predicted octanol–water partition coefficient (Wildman–Crippen LogP) is 1.15. The number of carbonyl (C=O) groups excluding carboxylic acids is 1. The first-order chi connectivity index (χ1) is 8.95. The average Bonchev–Trinajstić information content (AvgIpc) is 2.81. The number of nitrogens with one attached hydrogen (secondary N) is 1. The standard InChI is InChI=1S/C12H20N4O3/c1-4-16(9(2)5-11(17)18)12(19)15(3)8-10-6-13-14-7-10/h6-7,9H,4-5,8H2,1-3H3,(H,13,14)(H,17,18). The van der Waals surface area contributed by atoms with E-state index in [9.17, 15) is 9.59 Å². The van der Waals surface area contributed by atoms with Crippen LogP contribution in [0.5, 0.6) is 0 Å². The van der Waals surface area contributed by atoms with E-state index in [4.69, 9.17) is 5.11 Å². The van der Waals surface area contributed by atoms with E-state index in [0.717, 1.165) is 5.56 Å². The van der Waals surface area contributed by atoms with Crippen LogP contribution >= 0.6 is 0 Å². The third kappa shape index (κ3) is 4.27. The van der Waals surface area contributed by atoms with Gasteiger partial charge < -0.3 is 14.9 Å². The third-order valence-corrected chi connectivity index (χ3v) is 2.89. The van der Waals surface area contributed by atoms with Gasteiger partial charge in [0.25, 0.3) is 0 Å². The van der Waals surface area contributed by atoms with Gasteiger partial charge in [0.1, 0.15) is 0 Å². The van der Waals surface area contributed by atoms with Crippen molar-refractivity contribution in [3.05, 3.63) is 18.0 Å². The first kappa shape index (κ1) is 15.0. The van der Waals surface area contributed by atoms with Crippen LogP contribution in [0.15, 0.2) is 12.4 Å². The molecular formula is C12H20N4O3. The average molecular weight is 268 g/mol. The van der Waals surface area contributed by atoms with E-state index in [1.807, 2.05) is 6.92 Å². The summed E-state index contributed by atoms with van der Waals surface area (Å²) in [5.74, 6) is -0.906. The molecule has 2 N–H and O–H groups in total. The fourth-order valence-corrected chi connectivity index (χ4v) is 1.92. The minimum Gasteiger partial charge on any atom is -0.481 e. The summed E-state index contributed by atoms with van der Waals surface area (Å²) in [6, 6.07) is -0.515. The Bertz CT molecular complexity index is 419. The zero-order chi connectivity index (χ0) is 14.4. The van der Waals surface area contributed by atoms with Gasteiger partial charge in [0.2, 0.25) is 0 Å². The van der Waals surface area contributed by atoms with Gasteiger partial charge in [-0.05, 0) is 13.8 Å². The summed E-state index contributed by atoms with van der Waals surface area (Å²) in [5, 5.41) is 15.3. The Balaban J connectivity index is 2.64. The maximum absolute atomic E-state index is 12.3. The normalized spacial score (nSPS) is 11.9. The SMILES string of the molecule is CCN(C(=O)N(C)Cc1cn[nH]c1)C(C)CC(=O)O. The fraction of sp³-hybridized carbons (Fsp3) is 0.583. The van der Waals surface area contributed by atoms with E-state index in [0.29, 0.717) is 13.1 Å². The number of carboxylic acid groups (broad SMARTS) is 1. The van der Waals surface area contributed by atoms with Crippen LogP contribution in [0.3, 0.4) is 0 Å². The summed E-state index contributed by atoms with van der Waals surface area (Å²) < 4.78 is 0. The molecule has 0 saturated carbocycles. The number of carboxylic acids is 1. The maximum atomic E-state index is 12.3. The highest BCUT2D eigenvalue weighted by Gasteiger charge is 2.23. The van der Waals surface area contributed by atoms with Crippen molar-refractivity contribution in [2.24, 2.45) is 0 Å². The second-order valence-corrected chi connectivity index (χ2v) is 4.48. The number of hydrogen-bond donors (Lipinski definition) is 2. The van der Waals surface area contributed by atoms with Gasteiger partial charge in [0.05, 0.1) is 19.2 Å². The van der Waals surface area contributed by atoms with Crippen LogP contribution < -0.4 is 0 Å². The molecular weight excluding hydrogens is 248 g/mol. The number of carbonyl (C=O) groups is 2. The Labute approximate surface area is 112 Å². The number of aromatic amines is 1. The van der Waals surface area contributed by atoms with E-state index >= 15 is 0 Å². The molecule has 19 heavy (non-hydrogen) atoms. The van der Waals surface area contributed by atoms with Gasteiger partial charge in [-0.15, -0.1) is 0 Å². The van der Waals surface area contributed by atoms with Gasteiger partial charge in [-0.2, -0.15) is 5.10 Å². The van der Waals surface area contributed by atoms with Crippen molar-refractivity contribution < 1.29 is 14.7 Å². The molecule has 1 atom stereocenters. The number of aromatic nitrogens is 2. The van der Waals surface area contributed by atoms with E-state index < -0.39 is 5.97 Å². The molecule has 0 aliphatic carbocycles. The second-order valence-electron chi connectivity index (χ2n) is 4.48. The molecule has 1 aromatic heterocycles. The third-order valence-electron chi connectivity index (χ3n) is 2.89. The molecule has 106 valence electrons. The van der Waals surface area contributed by atoms with E-state index in [-0.39, 0.29) is 18.5 Å². The fourth-order valence-electron chi connectivity index (χ4n) is 1.92. The van der Waals surface area contributed by atoms with Crippen LogP contribution in [0.4, 0.5) is 4.79 Å². The topological polar surface area (TPSA) is 89.5 Å². The summed E-state index contributed by atoms with van der Waals surface area (Å²) >= 11 is 0. The van der Waals surface area contributed by atoms with Gasteiger partial charge in [0.15, 0.2) is 0 Å². The van der Waals surface area contributed by atoms with Crippen LogP contribution in [0.2, 0.25) is 0 Å². The molecule has 7 heteroatoms. The lowest BCUT2D eigenvalue weighted by molar-refractivity contribution is -0.138. The monoisotopic (exact) mass is 268 g/mol. The Morgan fingerprint density at radius 2 is 2.21 bits per heavy atom. The highest BCUT2D eigenvalue weighted by Crippen LogP contribution is 2.09. The molecule has 0 aliphatic heterocycles. The number of aliphatic carboxylic acids is 1. The molecule has 1 heterocycles. The molecule has 7 nitrogen and oxygen atoms in total. The zero-order valence-electron chi connectivity index (χ0n) is 11.5. The number of H-pyrrole nitrogens is 1. The molecule has 1 aromatic rings. The number of amides is 2. The van der Waals surface area contributed by atoms with Crippen molar-refractivity contribution in [2.45, 2.75) is 32.9 Å². The van der Waals surface area contributed by atoms with Crippen molar-refractivity contribution in [1.29, 1.82) is 0 Å². The molecule has 1 rings (SSSR count). The molecule has 0 radical (unpaired) electrons. The minimum atomic E-state index is -0.906. The van der Waals surface area contributed by atoms with Gasteiger partial charge in [-0.3, -0.25) is 9.89 Å². The lowest BCUT2D eigenvalue weighted by Crippen LogP contribution is -2.46. The van der Waals surface area contributed by atoms with Gasteiger partial charge in [-0.25, -0.2) is 4.79 Å². The minimum absolute atomic E-state index is 0.0564. The van der Waals surface area contributed by atoms with Crippen LogP contribution in [0, 0.1) is 0 Å². The largest absolute Gasteiger partial charge is 0.481 e. The zero-order valence-corrected chi connectivity index (χ0v) is 11.5. The number of rotatable bonds is 6. The highest BCUT2D eigenvalue weighted by atomic mass is 16.4. The number of hydrogen-bond acceptors (Lipinski definition) is 3. The van der Waals surface area contributed by atoms with Crippen molar-refractivity contribution in [2.75, 3.05) is 13.6 Å². The number of nitrogens with zero attached hydrogens (tertiary/aromatic N) is 3. The van der Waals surface area contributed by atoms with E-state index in [1.54, 1.807) is 36.2 Å². The molecule has 0 spiro atoms. The molecule has 2 amide bonds. The molecule has 0 saturated heterocycles. The Morgan fingerprint density at radius 3 is 2.68 bits per heavy atom. The van der Waals surface area contributed by atoms with Crippen LogP contribution in [-0.2, 0) is 11.3 Å². The summed E-state index contributed by atoms with van der Waals surface area (Å²) in [5.41, 5.74) is 0.901. The smallest absolute Gasteiger partial charge is 0.320 e. The van der Waals surface area contributed by atoms with Gasteiger partial charge in [-0.1, -0.05) is 0 Å².